The molecule has 11 heteroatoms. The van der Waals surface area contributed by atoms with E-state index in [-0.39, 0.29) is 42.1 Å². The monoisotopic (exact) mass is 384 g/mol. The molecular formula is C15H29N4NaO6. The van der Waals surface area contributed by atoms with Crippen LogP contribution in [0.3, 0.4) is 0 Å². The molecule has 0 fully saturated rings. The van der Waals surface area contributed by atoms with Gasteiger partial charge in [0.25, 0.3) is 0 Å². The fraction of sp³-hybridized carbons (Fsp3) is 0.733. The molecule has 2 unspecified atom stereocenters. The Labute approximate surface area is 175 Å². The third kappa shape index (κ3) is 7.48. The summed E-state index contributed by atoms with van der Waals surface area (Å²) in [4.78, 5) is 47.8. The van der Waals surface area contributed by atoms with E-state index in [9.17, 15) is 19.2 Å². The van der Waals surface area contributed by atoms with Gasteiger partial charge < -0.3 is 32.0 Å². The van der Waals surface area contributed by atoms with Gasteiger partial charge in [0.15, 0.2) is 5.54 Å². The fourth-order valence-electron chi connectivity index (χ4n) is 2.53. The number of esters is 1. The number of nitrogens with two attached hydrogens (primary N) is 3. The van der Waals surface area contributed by atoms with Crippen LogP contribution < -0.4 is 22.5 Å². The van der Waals surface area contributed by atoms with Crippen LogP contribution in [0.4, 0.5) is 4.79 Å². The molecule has 0 bridgehead atoms. The molecule has 0 heterocycles. The van der Waals surface area contributed by atoms with E-state index in [1.165, 1.54) is 0 Å². The summed E-state index contributed by atoms with van der Waals surface area (Å²) >= 11 is 0. The first-order chi connectivity index (χ1) is 11.5. The Kier molecular flexibility index (Phi) is 12.5. The van der Waals surface area contributed by atoms with Crippen LogP contribution in [0.2, 0.25) is 0 Å². The minimum atomic E-state index is -2.11. The van der Waals surface area contributed by atoms with Crippen LogP contribution in [0.25, 0.3) is 0 Å². The van der Waals surface area contributed by atoms with E-state index in [4.69, 9.17) is 26.7 Å². The van der Waals surface area contributed by atoms with Crippen molar-refractivity contribution in [2.45, 2.75) is 64.9 Å². The summed E-state index contributed by atoms with van der Waals surface area (Å²) in [6.45, 7) is 6.87. The number of primary amides is 3. The molecule has 0 spiro atoms. The molecule has 10 nitrogen and oxygen atoms in total. The molecule has 2 atom stereocenters. The summed E-state index contributed by atoms with van der Waals surface area (Å²) in [6, 6.07) is -1.13. The Morgan fingerprint density at radius 2 is 1.54 bits per heavy atom. The number of ether oxygens (including phenoxy) is 2. The summed E-state index contributed by atoms with van der Waals surface area (Å²) in [5.74, 6) is -5.25. The van der Waals surface area contributed by atoms with Gasteiger partial charge in [0.05, 0.1) is 6.10 Å². The Hall–Kier alpha value is -1.36. The molecule has 0 saturated carbocycles. The zero-order valence-corrected chi connectivity index (χ0v) is 15.0. The third-order valence-corrected chi connectivity index (χ3v) is 3.41. The predicted molar refractivity (Wildman–Crippen MR) is 95.8 cm³/mol. The molecule has 0 rings (SSSR count). The molecule has 0 aromatic heterocycles. The quantitative estimate of drug-likeness (QED) is 0.151. The van der Waals surface area contributed by atoms with E-state index >= 15 is 0 Å². The van der Waals surface area contributed by atoms with Gasteiger partial charge in [0, 0.05) is 6.42 Å². The first kappa shape index (κ1) is 26.9. The minimum absolute atomic E-state index is 0. The van der Waals surface area contributed by atoms with E-state index in [2.05, 4.69) is 5.32 Å². The molecule has 0 aromatic rings. The van der Waals surface area contributed by atoms with E-state index in [1.807, 2.05) is 0 Å². The van der Waals surface area contributed by atoms with E-state index < -0.39 is 41.6 Å². The van der Waals surface area contributed by atoms with Gasteiger partial charge in [-0.1, -0.05) is 20.3 Å². The Morgan fingerprint density at radius 3 is 1.85 bits per heavy atom. The molecule has 146 valence electrons. The van der Waals surface area contributed by atoms with Crippen molar-refractivity contribution in [2.75, 3.05) is 0 Å². The zero-order chi connectivity index (χ0) is 19.8. The Balaban J connectivity index is 0. The van der Waals surface area contributed by atoms with Crippen LogP contribution in [-0.4, -0.2) is 71.3 Å². The molecular weight excluding hydrogens is 355 g/mol. The summed E-state index contributed by atoms with van der Waals surface area (Å²) in [5.41, 5.74) is 13.5. The topological polar surface area (TPSA) is 177 Å². The number of carbonyl (C=O) groups excluding carboxylic acids is 4. The van der Waals surface area contributed by atoms with Crippen molar-refractivity contribution in [1.82, 2.24) is 5.32 Å². The SMILES string of the molecule is CCCC(NC(N)=O)(C(=O)OC(CC)OC(C)C)C(C(N)=O)C(N)=O.[NaH]. The van der Waals surface area contributed by atoms with Gasteiger partial charge in [-0.2, -0.15) is 0 Å². The predicted octanol–water partition coefficient (Wildman–Crippen LogP) is -1.16. The van der Waals surface area contributed by atoms with Gasteiger partial charge in [0.2, 0.25) is 18.1 Å². The Bertz CT molecular complexity index is 502. The first-order valence-electron chi connectivity index (χ1n) is 8.04. The number of carbonyl (C=O) groups is 4. The summed E-state index contributed by atoms with van der Waals surface area (Å²) in [7, 11) is 0. The van der Waals surface area contributed by atoms with Gasteiger partial charge in [-0.25, -0.2) is 9.59 Å². The number of urea groups is 1. The number of amides is 4. The van der Waals surface area contributed by atoms with Crippen LogP contribution in [0.1, 0.15) is 47.0 Å². The van der Waals surface area contributed by atoms with Crippen LogP contribution in [0.15, 0.2) is 0 Å². The fourth-order valence-corrected chi connectivity index (χ4v) is 2.53. The number of rotatable bonds is 11. The summed E-state index contributed by atoms with van der Waals surface area (Å²) in [6.07, 6.45) is -0.719. The van der Waals surface area contributed by atoms with Crippen molar-refractivity contribution in [3.63, 3.8) is 0 Å². The average Bonchev–Trinajstić information content (AvgIpc) is 2.44. The van der Waals surface area contributed by atoms with Crippen LogP contribution in [-0.2, 0) is 23.9 Å². The van der Waals surface area contributed by atoms with Gasteiger partial charge in [-0.15, -0.1) is 0 Å². The summed E-state index contributed by atoms with van der Waals surface area (Å²) < 4.78 is 10.7. The molecule has 4 amide bonds. The standard InChI is InChI=1S/C15H28N4O6.Na.H/c1-5-7-15(19-14(18)23,10(11(16)20)12(17)21)13(22)25-9(6-2)24-8(3)4;;/h8-10H,5-7H2,1-4H3,(H2,16,20)(H2,17,21)(H3,18,19,23);;. The van der Waals surface area contributed by atoms with Crippen molar-refractivity contribution in [3.05, 3.63) is 0 Å². The average molecular weight is 384 g/mol. The van der Waals surface area contributed by atoms with E-state index in [0.29, 0.717) is 12.8 Å². The summed E-state index contributed by atoms with van der Waals surface area (Å²) in [5, 5.41) is 2.15. The normalized spacial score (nSPS) is 14.1. The Morgan fingerprint density at radius 1 is 1.04 bits per heavy atom. The molecule has 0 aliphatic carbocycles. The van der Waals surface area contributed by atoms with Crippen molar-refractivity contribution >= 4 is 53.4 Å². The van der Waals surface area contributed by atoms with Gasteiger partial charge in [0.1, 0.15) is 5.92 Å². The van der Waals surface area contributed by atoms with E-state index in [1.54, 1.807) is 27.7 Å². The van der Waals surface area contributed by atoms with E-state index in [0.717, 1.165) is 0 Å². The van der Waals surface area contributed by atoms with Crippen molar-refractivity contribution in [2.24, 2.45) is 23.1 Å². The van der Waals surface area contributed by atoms with Crippen molar-refractivity contribution in [1.29, 1.82) is 0 Å². The number of hydrogen-bond acceptors (Lipinski definition) is 6. The van der Waals surface area contributed by atoms with Gasteiger partial charge >= 0.3 is 41.6 Å². The molecule has 26 heavy (non-hydrogen) atoms. The zero-order valence-electron chi connectivity index (χ0n) is 15.0. The third-order valence-electron chi connectivity index (χ3n) is 3.41. The van der Waals surface area contributed by atoms with Crippen LogP contribution in [0, 0.1) is 5.92 Å². The maximum absolute atomic E-state index is 12.8. The maximum atomic E-state index is 12.8. The molecule has 0 radical (unpaired) electrons. The second-order valence-electron chi connectivity index (χ2n) is 5.88. The van der Waals surface area contributed by atoms with Crippen molar-refractivity contribution < 1.29 is 28.7 Å². The molecule has 7 N–H and O–H groups in total. The molecule has 0 aliphatic rings. The van der Waals surface area contributed by atoms with Crippen LogP contribution >= 0.6 is 0 Å². The second-order valence-corrected chi connectivity index (χ2v) is 5.88. The molecule has 0 saturated heterocycles. The first-order valence-corrected chi connectivity index (χ1v) is 8.04. The second kappa shape index (κ2) is 12.1. The number of hydrogen-bond donors (Lipinski definition) is 4. The molecule has 0 aromatic carbocycles. The van der Waals surface area contributed by atoms with Gasteiger partial charge in [-0.3, -0.25) is 9.59 Å². The van der Waals surface area contributed by atoms with Crippen molar-refractivity contribution in [3.8, 4) is 0 Å². The van der Waals surface area contributed by atoms with Crippen LogP contribution in [0.5, 0.6) is 0 Å². The molecule has 0 aliphatic heterocycles. The van der Waals surface area contributed by atoms with Gasteiger partial charge in [-0.05, 0) is 20.3 Å². The number of nitrogens with one attached hydrogen (secondary N) is 1.